The first-order valence-corrected chi connectivity index (χ1v) is 6.28. The molecule has 2 heterocycles. The second-order valence-electron chi connectivity index (χ2n) is 4.47. The molecule has 0 bridgehead atoms. The minimum Gasteiger partial charge on any atom is -0.291 e. The standard InChI is InChI=1S/C14H14N6/c1-9-8-10(2)16-13(15-9)18-14-17-12(19-20-14)11-6-4-3-5-7-11/h3-8H,1-2H3,(H2,15,16,17,18,19,20). The fourth-order valence-corrected chi connectivity index (χ4v) is 1.92. The Balaban J connectivity index is 1.84. The molecular weight excluding hydrogens is 252 g/mol. The van der Waals surface area contributed by atoms with Gasteiger partial charge < -0.3 is 0 Å². The summed E-state index contributed by atoms with van der Waals surface area (Å²) in [5.41, 5.74) is 2.78. The van der Waals surface area contributed by atoms with Crippen LogP contribution in [0, 0.1) is 13.8 Å². The number of nitrogens with zero attached hydrogens (tertiary/aromatic N) is 4. The Morgan fingerprint density at radius 3 is 2.30 bits per heavy atom. The summed E-state index contributed by atoms with van der Waals surface area (Å²) in [7, 11) is 0. The predicted molar refractivity (Wildman–Crippen MR) is 76.6 cm³/mol. The quantitative estimate of drug-likeness (QED) is 0.761. The predicted octanol–water partition coefficient (Wildman–Crippen LogP) is 2.62. The Kier molecular flexibility index (Phi) is 3.12. The summed E-state index contributed by atoms with van der Waals surface area (Å²) in [5, 5.41) is 10.0. The van der Waals surface area contributed by atoms with E-state index in [1.165, 1.54) is 0 Å². The van der Waals surface area contributed by atoms with Crippen molar-refractivity contribution in [1.29, 1.82) is 0 Å². The molecule has 0 aliphatic carbocycles. The molecule has 100 valence electrons. The van der Waals surface area contributed by atoms with Crippen LogP contribution >= 0.6 is 0 Å². The molecule has 0 saturated carbocycles. The molecule has 20 heavy (non-hydrogen) atoms. The van der Waals surface area contributed by atoms with Gasteiger partial charge in [0.05, 0.1) is 0 Å². The maximum absolute atomic E-state index is 4.38. The number of hydrogen-bond acceptors (Lipinski definition) is 5. The van der Waals surface area contributed by atoms with Gasteiger partial charge in [-0.05, 0) is 19.9 Å². The zero-order valence-electron chi connectivity index (χ0n) is 11.3. The van der Waals surface area contributed by atoms with Gasteiger partial charge in [-0.1, -0.05) is 30.3 Å². The lowest BCUT2D eigenvalue weighted by atomic mass is 10.2. The zero-order valence-corrected chi connectivity index (χ0v) is 11.3. The second kappa shape index (κ2) is 5.08. The van der Waals surface area contributed by atoms with Crippen molar-refractivity contribution in [3.63, 3.8) is 0 Å². The lowest BCUT2D eigenvalue weighted by Crippen LogP contribution is -2.01. The summed E-state index contributed by atoms with van der Waals surface area (Å²) < 4.78 is 0. The highest BCUT2D eigenvalue weighted by atomic mass is 15.3. The van der Waals surface area contributed by atoms with Gasteiger partial charge in [0.25, 0.3) is 0 Å². The van der Waals surface area contributed by atoms with Gasteiger partial charge in [0.1, 0.15) is 0 Å². The second-order valence-corrected chi connectivity index (χ2v) is 4.47. The number of aryl methyl sites for hydroxylation is 2. The van der Waals surface area contributed by atoms with Crippen LogP contribution in [-0.2, 0) is 0 Å². The molecule has 6 nitrogen and oxygen atoms in total. The molecule has 0 spiro atoms. The lowest BCUT2D eigenvalue weighted by molar-refractivity contribution is 1.04. The van der Waals surface area contributed by atoms with Crippen LogP contribution in [0.25, 0.3) is 11.4 Å². The van der Waals surface area contributed by atoms with Gasteiger partial charge in [-0.15, -0.1) is 5.10 Å². The number of nitrogens with one attached hydrogen (secondary N) is 2. The van der Waals surface area contributed by atoms with Crippen molar-refractivity contribution in [2.75, 3.05) is 5.32 Å². The smallest absolute Gasteiger partial charge is 0.249 e. The van der Waals surface area contributed by atoms with Crippen molar-refractivity contribution >= 4 is 11.9 Å². The maximum Gasteiger partial charge on any atom is 0.249 e. The first kappa shape index (κ1) is 12.3. The molecule has 0 amide bonds. The van der Waals surface area contributed by atoms with E-state index in [0.29, 0.717) is 17.7 Å². The number of benzene rings is 1. The Hall–Kier alpha value is -2.76. The number of hydrogen-bond donors (Lipinski definition) is 2. The minimum atomic E-state index is 0.453. The summed E-state index contributed by atoms with van der Waals surface area (Å²) in [6, 6.07) is 11.7. The van der Waals surface area contributed by atoms with Gasteiger partial charge in [-0.2, -0.15) is 4.98 Å². The lowest BCUT2D eigenvalue weighted by Gasteiger charge is -2.02. The third kappa shape index (κ3) is 2.64. The van der Waals surface area contributed by atoms with Crippen molar-refractivity contribution < 1.29 is 0 Å². The van der Waals surface area contributed by atoms with Gasteiger partial charge in [0.15, 0.2) is 5.82 Å². The molecule has 0 unspecified atom stereocenters. The average molecular weight is 266 g/mol. The molecule has 0 saturated heterocycles. The molecule has 0 radical (unpaired) electrons. The van der Waals surface area contributed by atoms with Gasteiger partial charge in [-0.25, -0.2) is 9.97 Å². The fourth-order valence-electron chi connectivity index (χ4n) is 1.92. The van der Waals surface area contributed by atoms with Gasteiger partial charge in [0, 0.05) is 17.0 Å². The number of rotatable bonds is 3. The number of aromatic amines is 1. The Labute approximate surface area is 116 Å². The Morgan fingerprint density at radius 2 is 1.60 bits per heavy atom. The summed E-state index contributed by atoms with van der Waals surface area (Å²) in [5.74, 6) is 1.66. The Bertz CT molecular complexity index is 699. The van der Waals surface area contributed by atoms with Crippen LogP contribution in [-0.4, -0.2) is 25.1 Å². The van der Waals surface area contributed by atoms with Crippen molar-refractivity contribution in [2.45, 2.75) is 13.8 Å². The minimum absolute atomic E-state index is 0.453. The van der Waals surface area contributed by atoms with Crippen LogP contribution in [0.4, 0.5) is 11.9 Å². The van der Waals surface area contributed by atoms with Crippen LogP contribution in [0.2, 0.25) is 0 Å². The number of aromatic nitrogens is 5. The molecule has 1 aromatic carbocycles. The molecule has 0 fully saturated rings. The third-order valence-electron chi connectivity index (χ3n) is 2.74. The fraction of sp³-hybridized carbons (Fsp3) is 0.143. The van der Waals surface area contributed by atoms with Gasteiger partial charge >= 0.3 is 0 Å². The van der Waals surface area contributed by atoms with Crippen LogP contribution in [0.1, 0.15) is 11.4 Å². The number of anilines is 2. The van der Waals surface area contributed by atoms with Crippen LogP contribution < -0.4 is 5.32 Å². The van der Waals surface area contributed by atoms with Gasteiger partial charge in [0.2, 0.25) is 11.9 Å². The van der Waals surface area contributed by atoms with Crippen LogP contribution in [0.15, 0.2) is 36.4 Å². The first-order valence-electron chi connectivity index (χ1n) is 6.28. The van der Waals surface area contributed by atoms with E-state index in [4.69, 9.17) is 0 Å². The summed E-state index contributed by atoms with van der Waals surface area (Å²) in [4.78, 5) is 13.0. The van der Waals surface area contributed by atoms with E-state index in [0.717, 1.165) is 17.0 Å². The topological polar surface area (TPSA) is 79.4 Å². The van der Waals surface area contributed by atoms with E-state index < -0.39 is 0 Å². The molecule has 2 aromatic heterocycles. The number of H-pyrrole nitrogens is 1. The molecule has 6 heteroatoms. The SMILES string of the molecule is Cc1cc(C)nc(Nc2n[nH]c(-c3ccccc3)n2)n1. The van der Waals surface area contributed by atoms with Crippen molar-refractivity contribution in [3.05, 3.63) is 47.8 Å². The maximum atomic E-state index is 4.38. The highest BCUT2D eigenvalue weighted by Crippen LogP contribution is 2.16. The largest absolute Gasteiger partial charge is 0.291 e. The highest BCUT2D eigenvalue weighted by molar-refractivity contribution is 5.56. The molecular formula is C14H14N6. The molecule has 3 rings (SSSR count). The van der Waals surface area contributed by atoms with Crippen molar-refractivity contribution in [3.8, 4) is 11.4 Å². The summed E-state index contributed by atoms with van der Waals surface area (Å²) >= 11 is 0. The average Bonchev–Trinajstić information content (AvgIpc) is 2.87. The highest BCUT2D eigenvalue weighted by Gasteiger charge is 2.07. The van der Waals surface area contributed by atoms with Crippen molar-refractivity contribution in [2.24, 2.45) is 0 Å². The summed E-state index contributed by atoms with van der Waals surface area (Å²) in [6.45, 7) is 3.85. The third-order valence-corrected chi connectivity index (χ3v) is 2.74. The van der Waals surface area contributed by atoms with Gasteiger partial charge in [-0.3, -0.25) is 10.4 Å². The van der Waals surface area contributed by atoms with E-state index in [-0.39, 0.29) is 0 Å². The molecule has 0 aliphatic heterocycles. The van der Waals surface area contributed by atoms with Crippen molar-refractivity contribution in [1.82, 2.24) is 25.1 Å². The van der Waals surface area contributed by atoms with E-state index in [1.54, 1.807) is 0 Å². The normalized spacial score (nSPS) is 10.5. The Morgan fingerprint density at radius 1 is 0.900 bits per heavy atom. The molecule has 3 aromatic rings. The monoisotopic (exact) mass is 266 g/mol. The van der Waals surface area contributed by atoms with E-state index >= 15 is 0 Å². The molecule has 2 N–H and O–H groups in total. The van der Waals surface area contributed by atoms with Crippen LogP contribution in [0.5, 0.6) is 0 Å². The first-order chi connectivity index (χ1) is 9.70. The van der Waals surface area contributed by atoms with Crippen LogP contribution in [0.3, 0.4) is 0 Å². The van der Waals surface area contributed by atoms with E-state index in [2.05, 4.69) is 30.5 Å². The summed E-state index contributed by atoms with van der Waals surface area (Å²) in [6.07, 6.45) is 0. The van der Waals surface area contributed by atoms with E-state index in [9.17, 15) is 0 Å². The zero-order chi connectivity index (χ0) is 13.9. The molecule has 0 aliphatic rings. The molecule has 0 atom stereocenters. The van der Waals surface area contributed by atoms with E-state index in [1.807, 2.05) is 50.2 Å².